The summed E-state index contributed by atoms with van der Waals surface area (Å²) < 4.78 is 26.5. The Bertz CT molecular complexity index is 834. The minimum absolute atomic E-state index is 0.0119. The van der Waals surface area contributed by atoms with Gasteiger partial charge < -0.3 is 9.74 Å². The van der Waals surface area contributed by atoms with Gasteiger partial charge in [0.1, 0.15) is 11.6 Å². The van der Waals surface area contributed by atoms with Gasteiger partial charge in [0.2, 0.25) is 5.91 Å². The molecule has 6 heteroatoms. The van der Waals surface area contributed by atoms with Crippen molar-refractivity contribution in [3.8, 4) is 0 Å². The van der Waals surface area contributed by atoms with Gasteiger partial charge in [0.15, 0.2) is 6.10 Å². The third-order valence-corrected chi connectivity index (χ3v) is 4.41. The normalized spacial score (nSPS) is 16.2. The van der Waals surface area contributed by atoms with Crippen molar-refractivity contribution in [2.24, 2.45) is 11.1 Å². The molecule has 0 bridgehead atoms. The maximum atomic E-state index is 13.4. The molecule has 1 heterocycles. The van der Waals surface area contributed by atoms with Crippen LogP contribution in [-0.4, -0.2) is 29.2 Å². The van der Waals surface area contributed by atoms with Crippen LogP contribution >= 0.6 is 0 Å². The van der Waals surface area contributed by atoms with Crippen molar-refractivity contribution in [3.63, 3.8) is 0 Å². The van der Waals surface area contributed by atoms with Gasteiger partial charge in [-0.1, -0.05) is 43.3 Å². The zero-order valence-electron chi connectivity index (χ0n) is 15.4. The topological polar surface area (TPSA) is 41.9 Å². The largest absolute Gasteiger partial charge is 0.390 e. The number of hydrogen-bond donors (Lipinski definition) is 0. The number of nitrogens with zero attached hydrogens (tertiary/aromatic N) is 2. The Morgan fingerprint density at radius 2 is 1.93 bits per heavy atom. The van der Waals surface area contributed by atoms with E-state index in [1.54, 1.807) is 29.2 Å². The lowest BCUT2D eigenvalue weighted by molar-refractivity contribution is -0.136. The summed E-state index contributed by atoms with van der Waals surface area (Å²) in [4.78, 5) is 19.8. The van der Waals surface area contributed by atoms with Crippen molar-refractivity contribution in [2.45, 2.75) is 32.9 Å². The summed E-state index contributed by atoms with van der Waals surface area (Å²) >= 11 is 0. The smallest absolute Gasteiger partial charge is 0.225 e. The Morgan fingerprint density at radius 1 is 1.19 bits per heavy atom. The van der Waals surface area contributed by atoms with Crippen molar-refractivity contribution >= 4 is 11.6 Å². The predicted octanol–water partition coefficient (Wildman–Crippen LogP) is 4.14. The second-order valence-electron chi connectivity index (χ2n) is 6.98. The number of carbonyl (C=O) groups excluding carboxylic acids is 1. The van der Waals surface area contributed by atoms with Crippen molar-refractivity contribution in [2.75, 3.05) is 6.54 Å². The van der Waals surface area contributed by atoms with Gasteiger partial charge in [0.25, 0.3) is 0 Å². The molecule has 142 valence electrons. The van der Waals surface area contributed by atoms with E-state index in [1.807, 2.05) is 13.8 Å². The summed E-state index contributed by atoms with van der Waals surface area (Å²) in [6, 6.07) is 12.3. The van der Waals surface area contributed by atoms with Crippen LogP contribution in [0.2, 0.25) is 0 Å². The monoisotopic (exact) mass is 372 g/mol. The van der Waals surface area contributed by atoms with E-state index >= 15 is 0 Å². The molecule has 1 aliphatic heterocycles. The number of oxime groups is 1. The average Bonchev–Trinajstić information content (AvgIpc) is 3.11. The van der Waals surface area contributed by atoms with Crippen LogP contribution in [0.3, 0.4) is 0 Å². The van der Waals surface area contributed by atoms with Crippen molar-refractivity contribution in [3.05, 3.63) is 71.3 Å². The molecule has 27 heavy (non-hydrogen) atoms. The lowest BCUT2D eigenvalue weighted by Gasteiger charge is -2.26. The Balaban J connectivity index is 1.68. The van der Waals surface area contributed by atoms with E-state index in [2.05, 4.69) is 5.16 Å². The van der Waals surface area contributed by atoms with Gasteiger partial charge >= 0.3 is 0 Å². The maximum Gasteiger partial charge on any atom is 0.225 e. The van der Waals surface area contributed by atoms with Gasteiger partial charge in [-0.05, 0) is 29.8 Å². The molecular formula is C21H22F2N2O2. The fraction of sp³-hybridized carbons (Fsp3) is 0.333. The van der Waals surface area contributed by atoms with E-state index in [4.69, 9.17) is 4.84 Å². The third kappa shape index (κ3) is 4.90. The molecular weight excluding hydrogens is 350 g/mol. The van der Waals surface area contributed by atoms with Crippen molar-refractivity contribution in [1.82, 2.24) is 4.90 Å². The van der Waals surface area contributed by atoms with E-state index in [9.17, 15) is 13.6 Å². The molecule has 0 saturated heterocycles. The minimum atomic E-state index is -0.327. The van der Waals surface area contributed by atoms with Gasteiger partial charge in [-0.2, -0.15) is 0 Å². The fourth-order valence-electron chi connectivity index (χ4n) is 3.02. The van der Waals surface area contributed by atoms with Gasteiger partial charge in [-0.3, -0.25) is 4.79 Å². The van der Waals surface area contributed by atoms with Crippen molar-refractivity contribution < 1.29 is 18.4 Å². The molecule has 0 fully saturated rings. The second kappa shape index (κ2) is 8.29. The molecule has 2 aromatic carbocycles. The van der Waals surface area contributed by atoms with Gasteiger partial charge in [-0.15, -0.1) is 0 Å². The summed E-state index contributed by atoms with van der Waals surface area (Å²) in [7, 11) is 0. The number of halogens is 2. The summed E-state index contributed by atoms with van der Waals surface area (Å²) in [5, 5.41) is 4.07. The lowest BCUT2D eigenvalue weighted by Crippen LogP contribution is -2.39. The first kappa shape index (κ1) is 19.0. The SMILES string of the molecule is CC(C)C(=O)N(Cc1ccc(F)cc1)C[C@@H]1CC(c2cccc(F)c2)=NO1. The highest BCUT2D eigenvalue weighted by Gasteiger charge is 2.28. The van der Waals surface area contributed by atoms with Crippen molar-refractivity contribution in [1.29, 1.82) is 0 Å². The van der Waals surface area contributed by atoms with Crippen LogP contribution in [0.25, 0.3) is 0 Å². The first-order valence-electron chi connectivity index (χ1n) is 8.94. The first-order valence-corrected chi connectivity index (χ1v) is 8.94. The zero-order chi connectivity index (χ0) is 19.4. The maximum absolute atomic E-state index is 13.4. The van der Waals surface area contributed by atoms with Gasteiger partial charge in [0, 0.05) is 24.4 Å². The highest BCUT2D eigenvalue weighted by molar-refractivity contribution is 6.01. The van der Waals surface area contributed by atoms with Crippen LogP contribution in [0.4, 0.5) is 8.78 Å². The molecule has 0 saturated carbocycles. The molecule has 3 rings (SSSR count). The van der Waals surface area contributed by atoms with Crippen LogP contribution in [0.5, 0.6) is 0 Å². The standard InChI is InChI=1S/C21H22F2N2O2/c1-14(2)21(26)25(12-15-6-8-17(22)9-7-15)13-19-11-20(24-27-19)16-4-3-5-18(23)10-16/h3-10,14,19H,11-13H2,1-2H3/t19-/m0/s1. The predicted molar refractivity (Wildman–Crippen MR) is 99.1 cm³/mol. The highest BCUT2D eigenvalue weighted by atomic mass is 19.1. The van der Waals surface area contributed by atoms with E-state index in [1.165, 1.54) is 24.3 Å². The molecule has 0 spiro atoms. The van der Waals surface area contributed by atoms with Crippen LogP contribution in [0.1, 0.15) is 31.4 Å². The number of rotatable bonds is 6. The van der Waals surface area contributed by atoms with Crippen LogP contribution in [0, 0.1) is 17.6 Å². The molecule has 4 nitrogen and oxygen atoms in total. The van der Waals surface area contributed by atoms with Crippen LogP contribution < -0.4 is 0 Å². The molecule has 0 unspecified atom stereocenters. The summed E-state index contributed by atoms with van der Waals surface area (Å²) in [5.74, 6) is -0.822. The summed E-state index contributed by atoms with van der Waals surface area (Å²) in [5.41, 5.74) is 2.19. The Kier molecular flexibility index (Phi) is 5.84. The molecule has 0 aromatic heterocycles. The lowest BCUT2D eigenvalue weighted by atomic mass is 10.0. The molecule has 1 aliphatic rings. The molecule has 0 radical (unpaired) electrons. The molecule has 2 aromatic rings. The van der Waals surface area contributed by atoms with Gasteiger partial charge in [0.05, 0.1) is 12.3 Å². The molecule has 1 amide bonds. The number of carbonyl (C=O) groups is 1. The minimum Gasteiger partial charge on any atom is -0.390 e. The van der Waals surface area contributed by atoms with E-state index in [0.29, 0.717) is 30.8 Å². The number of hydrogen-bond acceptors (Lipinski definition) is 3. The second-order valence-corrected chi connectivity index (χ2v) is 6.98. The van der Waals surface area contributed by atoms with Crippen LogP contribution in [0.15, 0.2) is 53.7 Å². The number of amides is 1. The zero-order valence-corrected chi connectivity index (χ0v) is 15.4. The van der Waals surface area contributed by atoms with Gasteiger partial charge in [-0.25, -0.2) is 8.78 Å². The Morgan fingerprint density at radius 3 is 2.59 bits per heavy atom. The molecule has 0 N–H and O–H groups in total. The fourth-order valence-corrected chi connectivity index (χ4v) is 3.02. The van der Waals surface area contributed by atoms with E-state index in [0.717, 1.165) is 5.56 Å². The molecule has 1 atom stereocenters. The Hall–Kier alpha value is -2.76. The summed E-state index contributed by atoms with van der Waals surface area (Å²) in [6.45, 7) is 4.40. The average molecular weight is 372 g/mol. The first-order chi connectivity index (χ1) is 12.9. The van der Waals surface area contributed by atoms with Crippen LogP contribution in [-0.2, 0) is 16.2 Å². The molecule has 0 aliphatic carbocycles. The number of benzene rings is 2. The third-order valence-electron chi connectivity index (χ3n) is 4.41. The quantitative estimate of drug-likeness (QED) is 0.765. The summed E-state index contributed by atoms with van der Waals surface area (Å²) in [6.07, 6.45) is 0.195. The Labute approximate surface area is 157 Å². The van der Waals surface area contributed by atoms with E-state index in [-0.39, 0.29) is 29.6 Å². The van der Waals surface area contributed by atoms with E-state index < -0.39 is 0 Å². The highest BCUT2D eigenvalue weighted by Crippen LogP contribution is 2.20.